The smallest absolute Gasteiger partial charge is 0.412 e. The third kappa shape index (κ3) is 9.68. The van der Waals surface area contributed by atoms with E-state index in [-0.39, 0.29) is 49.9 Å². The summed E-state index contributed by atoms with van der Waals surface area (Å²) >= 11 is 0. The number of aliphatic hydroxyl groups excluding tert-OH is 2. The molecule has 7 rings (SSSR count). The number of allylic oxidation sites excluding steroid dienone is 1. The molecular formula is C49H63N3O9. The molecule has 0 aromatic heterocycles. The van der Waals surface area contributed by atoms with Gasteiger partial charge in [0.15, 0.2) is 0 Å². The maximum absolute atomic E-state index is 15.2. The second kappa shape index (κ2) is 20.9. The highest BCUT2D eigenvalue weighted by molar-refractivity contribution is 6.04. The summed E-state index contributed by atoms with van der Waals surface area (Å²) in [5.74, 6) is -1.27. The quantitative estimate of drug-likeness (QED) is 0.0613. The first kappa shape index (κ1) is 44.3. The fourth-order valence-corrected chi connectivity index (χ4v) is 10.0. The minimum absolute atomic E-state index is 0.0199. The number of fused-ring (bicyclic) bond motifs is 3. The summed E-state index contributed by atoms with van der Waals surface area (Å²) in [6.07, 6.45) is 11.1. The normalized spacial score (nSPS) is 26.0. The van der Waals surface area contributed by atoms with Crippen LogP contribution in [0.3, 0.4) is 0 Å². The molecular weight excluding hydrogens is 775 g/mol. The predicted molar refractivity (Wildman–Crippen MR) is 235 cm³/mol. The van der Waals surface area contributed by atoms with Crippen molar-refractivity contribution in [2.24, 2.45) is 22.9 Å². The van der Waals surface area contributed by atoms with E-state index in [9.17, 15) is 15.0 Å². The molecule has 2 fully saturated rings. The lowest BCUT2D eigenvalue weighted by Crippen LogP contribution is -2.70. The summed E-state index contributed by atoms with van der Waals surface area (Å²) in [4.78, 5) is 36.2. The topological polar surface area (TPSA) is 148 Å². The van der Waals surface area contributed by atoms with Gasteiger partial charge in [0, 0.05) is 56.2 Å². The van der Waals surface area contributed by atoms with Gasteiger partial charge in [-0.05, 0) is 110 Å². The fraction of sp³-hybridized carbons (Fsp3) is 0.531. The summed E-state index contributed by atoms with van der Waals surface area (Å²) in [5, 5.41) is 29.6. The number of carbonyl (C=O) groups is 2. The zero-order chi connectivity index (χ0) is 42.8. The van der Waals surface area contributed by atoms with Crippen molar-refractivity contribution in [2.45, 2.75) is 109 Å². The number of oxime groups is 1. The van der Waals surface area contributed by atoms with Crippen LogP contribution in [0.2, 0.25) is 0 Å². The second-order valence-electron chi connectivity index (χ2n) is 16.7. The Kier molecular flexibility index (Phi) is 15.2. The Hall–Kier alpha value is -4.75. The number of aliphatic hydroxyl groups is 2. The molecule has 1 saturated heterocycles. The van der Waals surface area contributed by atoms with Gasteiger partial charge in [0.2, 0.25) is 12.1 Å². The molecule has 2 aliphatic carbocycles. The summed E-state index contributed by atoms with van der Waals surface area (Å²) in [6, 6.07) is 18.7. The lowest BCUT2D eigenvalue weighted by Gasteiger charge is -2.60. The van der Waals surface area contributed by atoms with Gasteiger partial charge in [-0.1, -0.05) is 67.4 Å². The second-order valence-corrected chi connectivity index (χ2v) is 16.7. The zero-order valence-corrected chi connectivity index (χ0v) is 35.8. The van der Waals surface area contributed by atoms with Gasteiger partial charge in [0.25, 0.3) is 5.91 Å². The van der Waals surface area contributed by atoms with Crippen molar-refractivity contribution in [3.8, 4) is 11.5 Å². The first-order valence-electron chi connectivity index (χ1n) is 22.5. The van der Waals surface area contributed by atoms with Crippen molar-refractivity contribution in [1.29, 1.82) is 0 Å². The number of ether oxygens (including phenoxy) is 4. The van der Waals surface area contributed by atoms with Crippen LogP contribution in [0.25, 0.3) is 10.8 Å². The molecule has 2 aliphatic heterocycles. The summed E-state index contributed by atoms with van der Waals surface area (Å²) in [7, 11) is 0. The molecule has 3 N–H and O–H groups in total. The Morgan fingerprint density at radius 3 is 2.54 bits per heavy atom. The van der Waals surface area contributed by atoms with E-state index < -0.39 is 30.1 Å². The molecule has 7 unspecified atom stereocenters. The molecule has 1 saturated carbocycles. The van der Waals surface area contributed by atoms with Crippen molar-refractivity contribution in [2.75, 3.05) is 39.5 Å². The molecule has 61 heavy (non-hydrogen) atoms. The molecule has 3 aromatic rings. The van der Waals surface area contributed by atoms with Gasteiger partial charge in [0.05, 0.1) is 24.8 Å². The van der Waals surface area contributed by atoms with Crippen LogP contribution >= 0.6 is 0 Å². The van der Waals surface area contributed by atoms with Crippen LogP contribution in [0.5, 0.6) is 11.5 Å². The van der Waals surface area contributed by atoms with Crippen LogP contribution in [-0.4, -0.2) is 90.5 Å². The monoisotopic (exact) mass is 837 g/mol. The van der Waals surface area contributed by atoms with Crippen LogP contribution in [-0.2, 0) is 14.3 Å². The first-order valence-corrected chi connectivity index (χ1v) is 22.5. The number of nitrogens with one attached hydrogen (secondary N) is 1. The van der Waals surface area contributed by atoms with Crippen LogP contribution < -0.4 is 14.8 Å². The number of nitrogens with zero attached hydrogens (tertiary/aromatic N) is 2. The molecule has 2 heterocycles. The third-order valence-corrected chi connectivity index (χ3v) is 12.7. The number of rotatable bonds is 19. The van der Waals surface area contributed by atoms with Gasteiger partial charge >= 0.3 is 6.09 Å². The Morgan fingerprint density at radius 2 is 1.80 bits per heavy atom. The maximum Gasteiger partial charge on any atom is 0.412 e. The molecule has 0 spiro atoms. The lowest BCUT2D eigenvalue weighted by atomic mass is 9.55. The van der Waals surface area contributed by atoms with E-state index in [4.69, 9.17) is 28.9 Å². The highest BCUT2D eigenvalue weighted by Crippen LogP contribution is 2.62. The minimum Gasteiger partial charge on any atom is -0.459 e. The Bertz CT molecular complexity index is 2050. The Labute approximate surface area is 359 Å². The SMILES string of the molecule is C=CCOC12Oc3ccc(OC(=O)NCC)cc3C3C(CCCCO)C(CCCCO)C=C(C(=NOC4CCCCO4)CC1N(CCC)C(=O)c1ccc4ccccc4c1)C32. The number of hydrogen-bond acceptors (Lipinski definition) is 10. The van der Waals surface area contributed by atoms with E-state index in [2.05, 4.69) is 24.9 Å². The number of carbonyl (C=O) groups excluding carboxylic acids is 2. The molecule has 3 aromatic carbocycles. The maximum atomic E-state index is 15.2. The van der Waals surface area contributed by atoms with Crippen molar-refractivity contribution in [1.82, 2.24) is 10.2 Å². The van der Waals surface area contributed by atoms with Gasteiger partial charge in [0.1, 0.15) is 17.5 Å². The zero-order valence-electron chi connectivity index (χ0n) is 35.8. The van der Waals surface area contributed by atoms with Crippen molar-refractivity contribution in [3.63, 3.8) is 0 Å². The van der Waals surface area contributed by atoms with Crippen LogP contribution in [0, 0.1) is 17.8 Å². The minimum atomic E-state index is -1.41. The van der Waals surface area contributed by atoms with Gasteiger partial charge in [-0.25, -0.2) is 4.79 Å². The highest BCUT2D eigenvalue weighted by Gasteiger charge is 2.65. The first-order chi connectivity index (χ1) is 29.8. The average Bonchev–Trinajstić information content (AvgIpc) is 3.28. The predicted octanol–water partition coefficient (Wildman–Crippen LogP) is 8.66. The van der Waals surface area contributed by atoms with Crippen molar-refractivity contribution in [3.05, 3.63) is 96.1 Å². The molecule has 0 bridgehead atoms. The summed E-state index contributed by atoms with van der Waals surface area (Å²) in [5.41, 5.74) is 3.08. The highest BCUT2D eigenvalue weighted by atomic mass is 16.8. The van der Waals surface area contributed by atoms with E-state index in [1.54, 1.807) is 12.1 Å². The Balaban J connectivity index is 1.45. The standard InChI is InChI=1S/C49H63N3O9/c1-4-24-52(47(55)36-21-20-33-15-7-8-16-34(33)29-36)43-32-41(51-61-44-19-11-14-28-57-44)39-30-35(17-9-12-25-53)38(18-10-13-26-54)45-40-31-37(59-48(56)50-6-3)22-23-42(40)60-49(43,46(39)45)58-27-5-2/h5,7-8,15-16,20-23,29-31,35,38,43-46,53-54H,2,4,6,9-14,17-19,24-28,32H2,1,3H3,(H,50,56). The third-order valence-electron chi connectivity index (χ3n) is 12.7. The number of hydrogen-bond donors (Lipinski definition) is 3. The van der Waals surface area contributed by atoms with Crippen LogP contribution in [0.15, 0.2) is 90.1 Å². The van der Waals surface area contributed by atoms with E-state index in [0.29, 0.717) is 61.7 Å². The van der Waals surface area contributed by atoms with Crippen LogP contribution in [0.1, 0.15) is 106 Å². The van der Waals surface area contributed by atoms with Gasteiger partial charge in [-0.2, -0.15) is 0 Å². The fourth-order valence-electron chi connectivity index (χ4n) is 10.0. The van der Waals surface area contributed by atoms with E-state index in [1.807, 2.05) is 66.4 Å². The Morgan fingerprint density at radius 1 is 1.00 bits per heavy atom. The molecule has 0 radical (unpaired) electrons. The number of unbranched alkanes of at least 4 members (excludes halogenated alkanes) is 2. The largest absolute Gasteiger partial charge is 0.459 e. The summed E-state index contributed by atoms with van der Waals surface area (Å²) < 4.78 is 26.3. The van der Waals surface area contributed by atoms with Gasteiger partial charge < -0.3 is 44.2 Å². The average molecular weight is 838 g/mol. The van der Waals surface area contributed by atoms with Gasteiger partial charge in [-0.3, -0.25) is 4.79 Å². The van der Waals surface area contributed by atoms with E-state index in [1.165, 1.54) is 0 Å². The molecule has 12 heteroatoms. The summed E-state index contributed by atoms with van der Waals surface area (Å²) in [6.45, 7) is 9.72. The molecule has 12 nitrogen and oxygen atoms in total. The lowest BCUT2D eigenvalue weighted by molar-refractivity contribution is -0.254. The molecule has 4 aliphatic rings. The van der Waals surface area contributed by atoms with Crippen molar-refractivity contribution >= 4 is 28.5 Å². The van der Waals surface area contributed by atoms with Crippen molar-refractivity contribution < 1.29 is 43.6 Å². The van der Waals surface area contributed by atoms with E-state index in [0.717, 1.165) is 66.9 Å². The van der Waals surface area contributed by atoms with Crippen LogP contribution in [0.4, 0.5) is 4.79 Å². The number of benzene rings is 3. The number of amides is 2. The molecule has 7 atom stereocenters. The van der Waals surface area contributed by atoms with E-state index >= 15 is 4.79 Å². The molecule has 2 amide bonds. The van der Waals surface area contributed by atoms with Gasteiger partial charge in [-0.15, -0.1) is 6.58 Å². The molecule has 328 valence electrons.